The van der Waals surface area contributed by atoms with E-state index >= 15 is 0 Å². The van der Waals surface area contributed by atoms with Gasteiger partial charge in [-0.25, -0.2) is 14.4 Å². The normalized spacial score (nSPS) is 18.2. The maximum Gasteiger partial charge on any atom is 0.213 e. The lowest BCUT2D eigenvalue weighted by atomic mass is 9.86. The summed E-state index contributed by atoms with van der Waals surface area (Å²) >= 11 is 0. The molecule has 0 aliphatic heterocycles. The second kappa shape index (κ2) is 11.0. The molecule has 1 aliphatic rings. The quantitative estimate of drug-likeness (QED) is 0.515. The number of aromatic nitrogens is 5. The Kier molecular flexibility index (Phi) is 8.09. The zero-order valence-corrected chi connectivity index (χ0v) is 18.9. The molecular formula is C24H32FN5O. The van der Waals surface area contributed by atoms with Crippen LogP contribution < -0.4 is 4.74 Å². The van der Waals surface area contributed by atoms with Crippen molar-refractivity contribution < 1.29 is 9.13 Å². The third-order valence-corrected chi connectivity index (χ3v) is 5.44. The molecule has 6 nitrogen and oxygen atoms in total. The fraction of sp³-hybridized carbons (Fsp3) is 0.500. The summed E-state index contributed by atoms with van der Waals surface area (Å²) in [6.45, 7) is 7.91. The highest BCUT2D eigenvalue weighted by atomic mass is 19.1. The van der Waals surface area contributed by atoms with Crippen LogP contribution in [0.15, 0.2) is 36.7 Å². The van der Waals surface area contributed by atoms with Crippen LogP contribution in [-0.4, -0.2) is 30.8 Å². The van der Waals surface area contributed by atoms with Gasteiger partial charge in [-0.3, -0.25) is 4.57 Å². The molecule has 0 bridgehead atoms. The number of hydrogen-bond donors (Lipinski definition) is 0. The van der Waals surface area contributed by atoms with Crippen molar-refractivity contribution in [3.63, 3.8) is 0 Å². The van der Waals surface area contributed by atoms with Gasteiger partial charge in [0.15, 0.2) is 11.6 Å². The van der Waals surface area contributed by atoms with Crippen LogP contribution in [0.2, 0.25) is 0 Å². The molecule has 7 heteroatoms. The van der Waals surface area contributed by atoms with Crippen LogP contribution in [0.25, 0.3) is 5.82 Å². The van der Waals surface area contributed by atoms with Gasteiger partial charge in [-0.2, -0.15) is 0 Å². The number of rotatable bonds is 6. The fourth-order valence-electron chi connectivity index (χ4n) is 3.99. The zero-order valence-electron chi connectivity index (χ0n) is 18.9. The van der Waals surface area contributed by atoms with E-state index in [2.05, 4.69) is 27.1 Å². The van der Waals surface area contributed by atoms with E-state index in [4.69, 9.17) is 4.74 Å². The molecule has 0 N–H and O–H groups in total. The minimum atomic E-state index is -0.327. The smallest absolute Gasteiger partial charge is 0.213 e. The Balaban J connectivity index is 0.00000132. The van der Waals surface area contributed by atoms with Gasteiger partial charge in [-0.1, -0.05) is 33.3 Å². The first-order chi connectivity index (χ1) is 15.2. The van der Waals surface area contributed by atoms with Crippen molar-refractivity contribution in [2.45, 2.75) is 78.2 Å². The molecule has 0 aromatic carbocycles. The number of nitrogens with zero attached hydrogens (tertiary/aromatic N) is 5. The van der Waals surface area contributed by atoms with E-state index in [0.717, 1.165) is 49.9 Å². The first-order valence-electron chi connectivity index (χ1n) is 11.3. The van der Waals surface area contributed by atoms with Crippen LogP contribution in [0.4, 0.5) is 4.39 Å². The molecule has 3 heterocycles. The van der Waals surface area contributed by atoms with Crippen LogP contribution in [0.3, 0.4) is 0 Å². The summed E-state index contributed by atoms with van der Waals surface area (Å²) in [7, 11) is 0. The molecule has 0 atom stereocenters. The summed E-state index contributed by atoms with van der Waals surface area (Å²) in [6.07, 6.45) is 9.02. The van der Waals surface area contributed by atoms with Crippen molar-refractivity contribution in [1.29, 1.82) is 0 Å². The van der Waals surface area contributed by atoms with E-state index in [0.29, 0.717) is 11.7 Å². The topological polar surface area (TPSA) is 65.7 Å². The summed E-state index contributed by atoms with van der Waals surface area (Å²) in [6, 6.07) is 7.25. The Bertz CT molecular complexity index is 952. The van der Waals surface area contributed by atoms with E-state index in [1.165, 1.54) is 0 Å². The highest BCUT2D eigenvalue weighted by molar-refractivity contribution is 5.31. The zero-order chi connectivity index (χ0) is 22.2. The van der Waals surface area contributed by atoms with E-state index < -0.39 is 0 Å². The van der Waals surface area contributed by atoms with Crippen molar-refractivity contribution >= 4 is 0 Å². The largest absolute Gasteiger partial charge is 0.474 e. The number of hydrogen-bond acceptors (Lipinski definition) is 5. The van der Waals surface area contributed by atoms with Gasteiger partial charge in [0.2, 0.25) is 5.88 Å². The van der Waals surface area contributed by atoms with Crippen molar-refractivity contribution in [1.82, 2.24) is 24.7 Å². The van der Waals surface area contributed by atoms with Gasteiger partial charge in [-0.05, 0) is 56.7 Å². The molecule has 0 amide bonds. The van der Waals surface area contributed by atoms with Gasteiger partial charge in [0.05, 0.1) is 0 Å². The van der Waals surface area contributed by atoms with Gasteiger partial charge in [0.1, 0.15) is 17.8 Å². The average Bonchev–Trinajstić information content (AvgIpc) is 3.18. The summed E-state index contributed by atoms with van der Waals surface area (Å²) < 4.78 is 22.6. The van der Waals surface area contributed by atoms with Gasteiger partial charge < -0.3 is 4.74 Å². The third-order valence-electron chi connectivity index (χ3n) is 5.44. The van der Waals surface area contributed by atoms with Crippen LogP contribution in [0.1, 0.15) is 76.0 Å². The highest BCUT2D eigenvalue weighted by Gasteiger charge is 2.29. The summed E-state index contributed by atoms with van der Waals surface area (Å²) in [5, 5.41) is 8.60. The third kappa shape index (κ3) is 5.46. The van der Waals surface area contributed by atoms with E-state index in [1.807, 2.05) is 39.0 Å². The van der Waals surface area contributed by atoms with Gasteiger partial charge in [0.25, 0.3) is 0 Å². The lowest BCUT2D eigenvalue weighted by molar-refractivity contribution is 0.139. The molecule has 1 fully saturated rings. The average molecular weight is 426 g/mol. The lowest BCUT2D eigenvalue weighted by Crippen LogP contribution is -2.25. The molecule has 3 aromatic rings. The SMILES string of the molecule is CC.CCCc1cnc(-n2c(C)nnc2C2CCC(Oc3ccccn3)CC2)c(F)c1. The molecule has 0 saturated heterocycles. The van der Waals surface area contributed by atoms with E-state index in [-0.39, 0.29) is 23.7 Å². The lowest BCUT2D eigenvalue weighted by Gasteiger charge is -2.28. The van der Waals surface area contributed by atoms with Crippen LogP contribution in [0, 0.1) is 12.7 Å². The second-order valence-corrected chi connectivity index (χ2v) is 7.60. The standard InChI is InChI=1S/C22H26FN5O.C2H6/c1-3-6-16-13-19(23)22(25-14-16)28-15(2)26-27-21(28)17-8-10-18(11-9-17)29-20-7-4-5-12-24-20;1-2/h4-5,7,12-14,17-18H,3,6,8-11H2,1-2H3;1-2H3. The molecule has 0 radical (unpaired) electrons. The molecule has 1 aliphatic carbocycles. The molecule has 0 unspecified atom stereocenters. The summed E-state index contributed by atoms with van der Waals surface area (Å²) in [5.41, 5.74) is 0.910. The van der Waals surface area contributed by atoms with Crippen molar-refractivity contribution in [2.24, 2.45) is 0 Å². The van der Waals surface area contributed by atoms with Crippen molar-refractivity contribution in [3.8, 4) is 11.7 Å². The first-order valence-corrected chi connectivity index (χ1v) is 11.3. The van der Waals surface area contributed by atoms with Crippen molar-refractivity contribution in [2.75, 3.05) is 0 Å². The number of ether oxygens (including phenoxy) is 1. The highest BCUT2D eigenvalue weighted by Crippen LogP contribution is 2.34. The maximum atomic E-state index is 14.8. The van der Waals surface area contributed by atoms with Gasteiger partial charge in [0, 0.05) is 24.4 Å². The Labute approximate surface area is 183 Å². The fourth-order valence-corrected chi connectivity index (χ4v) is 3.99. The monoisotopic (exact) mass is 425 g/mol. The summed E-state index contributed by atoms with van der Waals surface area (Å²) in [5.74, 6) is 2.26. The number of aryl methyl sites for hydroxylation is 2. The molecular weight excluding hydrogens is 393 g/mol. The minimum Gasteiger partial charge on any atom is -0.474 e. The Morgan fingerprint density at radius 1 is 1.10 bits per heavy atom. The van der Waals surface area contributed by atoms with E-state index in [9.17, 15) is 4.39 Å². The van der Waals surface area contributed by atoms with Crippen LogP contribution in [0.5, 0.6) is 5.88 Å². The number of pyridine rings is 2. The molecule has 0 spiro atoms. The van der Waals surface area contributed by atoms with Crippen molar-refractivity contribution in [3.05, 3.63) is 59.7 Å². The van der Waals surface area contributed by atoms with E-state index in [1.54, 1.807) is 23.0 Å². The minimum absolute atomic E-state index is 0.141. The van der Waals surface area contributed by atoms with Gasteiger partial charge in [-0.15, -0.1) is 10.2 Å². The predicted molar refractivity (Wildman–Crippen MR) is 119 cm³/mol. The maximum absolute atomic E-state index is 14.8. The molecule has 3 aromatic heterocycles. The Hall–Kier alpha value is -2.83. The van der Waals surface area contributed by atoms with Crippen LogP contribution >= 0.6 is 0 Å². The number of halogens is 1. The molecule has 1 saturated carbocycles. The molecule has 31 heavy (non-hydrogen) atoms. The predicted octanol–water partition coefficient (Wildman–Crippen LogP) is 5.59. The first kappa shape index (κ1) is 22.8. The second-order valence-electron chi connectivity index (χ2n) is 7.60. The van der Waals surface area contributed by atoms with Crippen LogP contribution in [-0.2, 0) is 6.42 Å². The molecule has 166 valence electrons. The summed E-state index contributed by atoms with van der Waals surface area (Å²) in [4.78, 5) is 8.64. The molecule has 4 rings (SSSR count). The Morgan fingerprint density at radius 3 is 2.52 bits per heavy atom. The van der Waals surface area contributed by atoms with Gasteiger partial charge >= 0.3 is 0 Å². The Morgan fingerprint density at radius 2 is 1.87 bits per heavy atom.